The molecule has 4 nitrogen and oxygen atoms in total. The predicted molar refractivity (Wildman–Crippen MR) is 132 cm³/mol. The Morgan fingerprint density at radius 3 is 2.61 bits per heavy atom. The molecule has 2 aromatic heterocycles. The lowest BCUT2D eigenvalue weighted by molar-refractivity contribution is -0.113. The highest BCUT2D eigenvalue weighted by Crippen LogP contribution is 2.28. The van der Waals surface area contributed by atoms with E-state index in [0.29, 0.717) is 16.8 Å². The second-order valence-electron chi connectivity index (χ2n) is 7.41. The van der Waals surface area contributed by atoms with Crippen LogP contribution in [0, 0.1) is 0 Å². The zero-order chi connectivity index (χ0) is 21.6. The van der Waals surface area contributed by atoms with Crippen LogP contribution in [-0.2, 0) is 11.2 Å². The van der Waals surface area contributed by atoms with Crippen molar-refractivity contribution in [3.63, 3.8) is 0 Å². The number of rotatable bonds is 8. The maximum atomic E-state index is 12.3. The zero-order valence-corrected chi connectivity index (χ0v) is 19.8. The van der Waals surface area contributed by atoms with E-state index in [2.05, 4.69) is 53.4 Å². The van der Waals surface area contributed by atoms with Gasteiger partial charge in [0.2, 0.25) is 5.91 Å². The third-order valence-electron chi connectivity index (χ3n) is 4.70. The number of thioether (sulfide) groups is 1. The van der Waals surface area contributed by atoms with E-state index in [1.54, 1.807) is 11.3 Å². The molecule has 0 aliphatic rings. The van der Waals surface area contributed by atoms with Crippen molar-refractivity contribution in [3.8, 4) is 11.3 Å². The van der Waals surface area contributed by atoms with E-state index < -0.39 is 0 Å². The first-order valence-electron chi connectivity index (χ1n) is 10.0. The summed E-state index contributed by atoms with van der Waals surface area (Å²) in [4.78, 5) is 22.5. The number of amides is 1. The molecule has 0 unspecified atom stereocenters. The topological polar surface area (TPSA) is 54.9 Å². The molecule has 0 saturated carbocycles. The molecular weight excluding hydrogens is 442 g/mol. The van der Waals surface area contributed by atoms with Crippen LogP contribution in [0.1, 0.15) is 35.8 Å². The van der Waals surface area contributed by atoms with Gasteiger partial charge in [-0.15, -0.1) is 22.7 Å². The normalized spacial score (nSPS) is 11.1. The van der Waals surface area contributed by atoms with Crippen LogP contribution >= 0.6 is 34.4 Å². The molecule has 7 heteroatoms. The monoisotopic (exact) mass is 465 g/mol. The van der Waals surface area contributed by atoms with Crippen molar-refractivity contribution in [2.24, 2.45) is 0 Å². The standard InChI is InChI=1S/C24H23N3OS3/c1-16(2)18-10-8-17(9-11-18)12-20-13-25-23(31-20)27-22(28)15-30-24-26-21(14-29-24)19-6-4-3-5-7-19/h3-11,13-14,16H,12,15H2,1-2H3,(H,25,27,28). The lowest BCUT2D eigenvalue weighted by Crippen LogP contribution is -2.13. The van der Waals surface area contributed by atoms with Gasteiger partial charge >= 0.3 is 0 Å². The minimum atomic E-state index is -0.0661. The number of nitrogens with one attached hydrogen (secondary N) is 1. The molecule has 0 fully saturated rings. The molecule has 0 aliphatic heterocycles. The minimum Gasteiger partial charge on any atom is -0.301 e. The molecule has 4 aromatic rings. The van der Waals surface area contributed by atoms with Crippen LogP contribution in [0.15, 0.2) is 70.5 Å². The fourth-order valence-electron chi connectivity index (χ4n) is 3.02. The number of hydrogen-bond acceptors (Lipinski definition) is 6. The minimum absolute atomic E-state index is 0.0661. The maximum absolute atomic E-state index is 12.3. The van der Waals surface area contributed by atoms with Gasteiger partial charge in [-0.1, -0.05) is 80.2 Å². The maximum Gasteiger partial charge on any atom is 0.236 e. The summed E-state index contributed by atoms with van der Waals surface area (Å²) in [6.45, 7) is 4.39. The number of carbonyl (C=O) groups is 1. The highest BCUT2D eigenvalue weighted by atomic mass is 32.2. The van der Waals surface area contributed by atoms with E-state index in [1.165, 1.54) is 34.2 Å². The first-order valence-corrected chi connectivity index (χ1v) is 12.7. The van der Waals surface area contributed by atoms with Gasteiger partial charge in [0.1, 0.15) is 0 Å². The van der Waals surface area contributed by atoms with Crippen LogP contribution in [0.2, 0.25) is 0 Å². The average molecular weight is 466 g/mol. The van der Waals surface area contributed by atoms with Gasteiger partial charge in [-0.05, 0) is 17.0 Å². The van der Waals surface area contributed by atoms with Gasteiger partial charge in [0.15, 0.2) is 9.47 Å². The molecule has 2 heterocycles. The van der Waals surface area contributed by atoms with Crippen LogP contribution in [0.25, 0.3) is 11.3 Å². The lowest BCUT2D eigenvalue weighted by atomic mass is 10.0. The van der Waals surface area contributed by atoms with Crippen LogP contribution < -0.4 is 5.32 Å². The van der Waals surface area contributed by atoms with Crippen LogP contribution in [-0.4, -0.2) is 21.6 Å². The molecule has 0 spiro atoms. The molecule has 0 saturated heterocycles. The number of nitrogens with zero attached hydrogens (tertiary/aromatic N) is 2. The first-order chi connectivity index (χ1) is 15.1. The second kappa shape index (κ2) is 10.2. The Morgan fingerprint density at radius 1 is 1.10 bits per heavy atom. The number of carbonyl (C=O) groups excluding carboxylic acids is 1. The van der Waals surface area contributed by atoms with E-state index in [0.717, 1.165) is 26.9 Å². The third kappa shape index (κ3) is 6.03. The Bertz CT molecular complexity index is 1130. The molecule has 0 aliphatic carbocycles. The lowest BCUT2D eigenvalue weighted by Gasteiger charge is -2.06. The van der Waals surface area contributed by atoms with Crippen molar-refractivity contribution >= 4 is 45.5 Å². The van der Waals surface area contributed by atoms with E-state index in [-0.39, 0.29) is 5.91 Å². The molecule has 1 N–H and O–H groups in total. The van der Waals surface area contributed by atoms with Crippen molar-refractivity contribution in [1.82, 2.24) is 9.97 Å². The SMILES string of the molecule is CC(C)c1ccc(Cc2cnc(NC(=O)CSc3nc(-c4ccccc4)cs3)s2)cc1. The smallest absolute Gasteiger partial charge is 0.236 e. The summed E-state index contributed by atoms with van der Waals surface area (Å²) < 4.78 is 0.888. The van der Waals surface area contributed by atoms with Crippen molar-refractivity contribution < 1.29 is 4.79 Å². The van der Waals surface area contributed by atoms with Crippen molar-refractivity contribution in [2.75, 3.05) is 11.1 Å². The highest BCUT2D eigenvalue weighted by Gasteiger charge is 2.11. The summed E-state index contributed by atoms with van der Waals surface area (Å²) in [7, 11) is 0. The van der Waals surface area contributed by atoms with Gasteiger partial charge in [-0.25, -0.2) is 9.97 Å². The summed E-state index contributed by atoms with van der Waals surface area (Å²) in [5, 5.41) is 5.57. The van der Waals surface area contributed by atoms with Crippen LogP contribution in [0.5, 0.6) is 0 Å². The van der Waals surface area contributed by atoms with Crippen LogP contribution in [0.4, 0.5) is 5.13 Å². The van der Waals surface area contributed by atoms with E-state index in [4.69, 9.17) is 0 Å². The fraction of sp³-hybridized carbons (Fsp3) is 0.208. The van der Waals surface area contributed by atoms with E-state index in [1.807, 2.05) is 41.9 Å². The quantitative estimate of drug-likeness (QED) is 0.294. The number of hydrogen-bond donors (Lipinski definition) is 1. The summed E-state index contributed by atoms with van der Waals surface area (Å²) in [6.07, 6.45) is 2.67. The molecule has 4 rings (SSSR count). The second-order valence-corrected chi connectivity index (χ2v) is 10.6. The molecule has 0 atom stereocenters. The van der Waals surface area contributed by atoms with Gasteiger partial charge in [-0.3, -0.25) is 4.79 Å². The molecule has 0 bridgehead atoms. The average Bonchev–Trinajstić information content (AvgIpc) is 3.43. The Morgan fingerprint density at radius 2 is 1.87 bits per heavy atom. The van der Waals surface area contributed by atoms with E-state index in [9.17, 15) is 4.79 Å². The van der Waals surface area contributed by atoms with Gasteiger partial charge in [0.25, 0.3) is 0 Å². The van der Waals surface area contributed by atoms with Gasteiger partial charge in [0, 0.05) is 28.4 Å². The Kier molecular flexibility index (Phi) is 7.17. The predicted octanol–water partition coefficient (Wildman–Crippen LogP) is 6.71. The first kappa shape index (κ1) is 21.7. The van der Waals surface area contributed by atoms with Crippen LogP contribution in [0.3, 0.4) is 0 Å². The largest absolute Gasteiger partial charge is 0.301 e. The summed E-state index contributed by atoms with van der Waals surface area (Å²) >= 11 is 4.53. The third-order valence-corrected chi connectivity index (χ3v) is 7.64. The Balaban J connectivity index is 1.28. The molecular formula is C24H23N3OS3. The summed E-state index contributed by atoms with van der Waals surface area (Å²) in [5.74, 6) is 0.780. The summed E-state index contributed by atoms with van der Waals surface area (Å²) in [6, 6.07) is 18.8. The number of thiazole rings is 2. The van der Waals surface area contributed by atoms with Gasteiger partial charge in [0.05, 0.1) is 11.4 Å². The zero-order valence-electron chi connectivity index (χ0n) is 17.4. The molecule has 0 radical (unpaired) electrons. The van der Waals surface area contributed by atoms with Crippen molar-refractivity contribution in [3.05, 3.63) is 82.2 Å². The Hall–Kier alpha value is -2.48. The van der Waals surface area contributed by atoms with Crippen molar-refractivity contribution in [1.29, 1.82) is 0 Å². The fourth-order valence-corrected chi connectivity index (χ4v) is 5.51. The number of anilines is 1. The van der Waals surface area contributed by atoms with Gasteiger partial charge in [-0.2, -0.15) is 0 Å². The number of aromatic nitrogens is 2. The molecule has 31 heavy (non-hydrogen) atoms. The molecule has 158 valence electrons. The van der Waals surface area contributed by atoms with Gasteiger partial charge < -0.3 is 5.32 Å². The number of benzene rings is 2. The molecule has 1 amide bonds. The molecule has 2 aromatic carbocycles. The van der Waals surface area contributed by atoms with E-state index >= 15 is 0 Å². The summed E-state index contributed by atoms with van der Waals surface area (Å²) in [5.41, 5.74) is 4.62. The van der Waals surface area contributed by atoms with Crippen molar-refractivity contribution in [2.45, 2.75) is 30.5 Å². The highest BCUT2D eigenvalue weighted by molar-refractivity contribution is 8.01. The Labute approximate surface area is 194 Å².